The minimum absolute atomic E-state index is 0.829. The van der Waals surface area contributed by atoms with Gasteiger partial charge in [-0.2, -0.15) is 0 Å². The summed E-state index contributed by atoms with van der Waals surface area (Å²) in [5.74, 6) is 0.981. The maximum atomic E-state index is 5.59. The number of halogens is 1. The Hall–Kier alpha value is -0.435. The normalized spacial score (nSPS) is 10.1. The van der Waals surface area contributed by atoms with E-state index in [4.69, 9.17) is 4.74 Å². The Morgan fingerprint density at radius 1 is 1.07 bits per heavy atom. The third kappa shape index (κ3) is 4.70. The van der Waals surface area contributed by atoms with Crippen LogP contribution in [-0.2, 0) is 0 Å². The molecular weight excluding hydrogens is 239 g/mol. The van der Waals surface area contributed by atoms with Crippen LogP contribution in [0.25, 0.3) is 0 Å². The summed E-state index contributed by atoms with van der Waals surface area (Å²) in [6, 6.07) is 8.21. The molecule has 0 aliphatic carbocycles. The predicted octanol–water partition coefficient (Wildman–Crippen LogP) is 1.89. The first-order valence-corrected chi connectivity index (χ1v) is 6.20. The van der Waals surface area contributed by atoms with E-state index in [-0.39, 0.29) is 0 Å². The van der Waals surface area contributed by atoms with E-state index in [0.29, 0.717) is 0 Å². The van der Waals surface area contributed by atoms with Crippen molar-refractivity contribution in [2.24, 2.45) is 0 Å². The van der Waals surface area contributed by atoms with E-state index in [1.54, 1.807) is 0 Å². The SMILES string of the molecule is Bc1ccc(OCCCCCBr)cc1. The van der Waals surface area contributed by atoms with Gasteiger partial charge in [-0.1, -0.05) is 33.5 Å². The molecule has 0 aliphatic heterocycles. The summed E-state index contributed by atoms with van der Waals surface area (Å²) in [7, 11) is 2.08. The van der Waals surface area contributed by atoms with Crippen LogP contribution in [-0.4, -0.2) is 19.8 Å². The van der Waals surface area contributed by atoms with Crippen LogP contribution in [0.5, 0.6) is 5.75 Å². The number of ether oxygens (including phenoxy) is 1. The Morgan fingerprint density at radius 2 is 1.79 bits per heavy atom. The molecule has 76 valence electrons. The second kappa shape index (κ2) is 6.94. The summed E-state index contributed by atoms with van der Waals surface area (Å²) in [6.07, 6.45) is 3.61. The third-order valence-corrected chi connectivity index (χ3v) is 2.63. The van der Waals surface area contributed by atoms with E-state index in [9.17, 15) is 0 Å². The molecule has 0 heterocycles. The molecule has 0 saturated heterocycles. The summed E-state index contributed by atoms with van der Waals surface area (Å²) >= 11 is 3.41. The van der Waals surface area contributed by atoms with Gasteiger partial charge in [0.25, 0.3) is 0 Å². The third-order valence-electron chi connectivity index (χ3n) is 2.07. The first kappa shape index (κ1) is 11.6. The highest BCUT2D eigenvalue weighted by molar-refractivity contribution is 9.09. The van der Waals surface area contributed by atoms with Crippen molar-refractivity contribution in [2.45, 2.75) is 19.3 Å². The van der Waals surface area contributed by atoms with Gasteiger partial charge in [-0.25, -0.2) is 0 Å². The Balaban J connectivity index is 2.15. The molecule has 0 aromatic heterocycles. The number of unbranched alkanes of at least 4 members (excludes halogenated alkanes) is 2. The average Bonchev–Trinajstić information content (AvgIpc) is 2.21. The first-order chi connectivity index (χ1) is 6.83. The van der Waals surface area contributed by atoms with Gasteiger partial charge >= 0.3 is 0 Å². The zero-order valence-corrected chi connectivity index (χ0v) is 10.2. The van der Waals surface area contributed by atoms with Gasteiger partial charge in [0, 0.05) is 5.33 Å². The Bertz CT molecular complexity index is 248. The summed E-state index contributed by atoms with van der Waals surface area (Å²) in [5, 5.41) is 1.09. The fourth-order valence-corrected chi connectivity index (χ4v) is 1.59. The number of hydrogen-bond acceptors (Lipinski definition) is 1. The van der Waals surface area contributed by atoms with Gasteiger partial charge < -0.3 is 4.74 Å². The number of alkyl halides is 1. The molecule has 0 atom stereocenters. The number of hydrogen-bond donors (Lipinski definition) is 0. The van der Waals surface area contributed by atoms with Gasteiger partial charge in [0.05, 0.1) is 6.61 Å². The molecule has 0 spiro atoms. The quantitative estimate of drug-likeness (QED) is 0.428. The standard InChI is InChI=1S/C11H16BBrO/c12-10-4-6-11(7-5-10)14-9-3-1-2-8-13/h4-7H,1-3,8-9,12H2. The molecule has 0 saturated carbocycles. The lowest BCUT2D eigenvalue weighted by Crippen LogP contribution is -2.02. The lowest BCUT2D eigenvalue weighted by atomic mass is 9.97. The van der Waals surface area contributed by atoms with E-state index in [0.717, 1.165) is 24.1 Å². The summed E-state index contributed by atoms with van der Waals surface area (Å²) in [5.41, 5.74) is 1.27. The van der Waals surface area contributed by atoms with Gasteiger partial charge in [-0.3, -0.25) is 0 Å². The molecule has 1 nitrogen and oxygen atoms in total. The lowest BCUT2D eigenvalue weighted by molar-refractivity contribution is 0.306. The van der Waals surface area contributed by atoms with Crippen molar-refractivity contribution in [1.29, 1.82) is 0 Å². The number of rotatable bonds is 6. The average molecular weight is 255 g/mol. The van der Waals surface area contributed by atoms with Gasteiger partial charge in [0.2, 0.25) is 0 Å². The van der Waals surface area contributed by atoms with Crippen molar-refractivity contribution in [3.63, 3.8) is 0 Å². The molecule has 0 amide bonds. The second-order valence-electron chi connectivity index (χ2n) is 3.41. The molecule has 0 unspecified atom stereocenters. The van der Waals surface area contributed by atoms with E-state index in [1.165, 1.54) is 18.3 Å². The van der Waals surface area contributed by atoms with Gasteiger partial charge in [-0.05, 0) is 31.4 Å². The Labute approximate surface area is 95.4 Å². The van der Waals surface area contributed by atoms with Crippen LogP contribution in [0.3, 0.4) is 0 Å². The Kier molecular flexibility index (Phi) is 5.77. The van der Waals surface area contributed by atoms with E-state index >= 15 is 0 Å². The zero-order chi connectivity index (χ0) is 10.2. The summed E-state index contributed by atoms with van der Waals surface area (Å²) < 4.78 is 5.59. The van der Waals surface area contributed by atoms with E-state index in [1.807, 2.05) is 12.1 Å². The highest BCUT2D eigenvalue weighted by Gasteiger charge is 1.92. The molecule has 0 fully saturated rings. The molecule has 1 aromatic rings. The fourth-order valence-electron chi connectivity index (χ4n) is 1.20. The maximum absolute atomic E-state index is 5.59. The molecule has 0 aliphatic rings. The summed E-state index contributed by atoms with van der Waals surface area (Å²) in [4.78, 5) is 0. The monoisotopic (exact) mass is 254 g/mol. The van der Waals surface area contributed by atoms with Crippen molar-refractivity contribution in [1.82, 2.24) is 0 Å². The minimum atomic E-state index is 0.829. The van der Waals surface area contributed by atoms with Crippen LogP contribution < -0.4 is 10.2 Å². The summed E-state index contributed by atoms with van der Waals surface area (Å²) in [6.45, 7) is 0.829. The van der Waals surface area contributed by atoms with Gasteiger partial charge in [0.15, 0.2) is 0 Å². The molecular formula is C11H16BBrO. The molecule has 1 rings (SSSR count). The zero-order valence-electron chi connectivity index (χ0n) is 8.63. The van der Waals surface area contributed by atoms with Crippen LogP contribution in [0.15, 0.2) is 24.3 Å². The van der Waals surface area contributed by atoms with Crippen LogP contribution in [0.1, 0.15) is 19.3 Å². The van der Waals surface area contributed by atoms with Gasteiger partial charge in [-0.15, -0.1) is 0 Å². The maximum Gasteiger partial charge on any atom is 0.139 e. The highest BCUT2D eigenvalue weighted by Crippen LogP contribution is 2.08. The van der Waals surface area contributed by atoms with Gasteiger partial charge in [0.1, 0.15) is 13.6 Å². The molecule has 14 heavy (non-hydrogen) atoms. The predicted molar refractivity (Wildman–Crippen MR) is 67.8 cm³/mol. The van der Waals surface area contributed by atoms with Crippen LogP contribution in [0.2, 0.25) is 0 Å². The second-order valence-corrected chi connectivity index (χ2v) is 4.20. The molecule has 0 N–H and O–H groups in total. The molecule has 3 heteroatoms. The van der Waals surface area contributed by atoms with Crippen molar-refractivity contribution >= 4 is 29.2 Å². The number of benzene rings is 1. The van der Waals surface area contributed by atoms with E-state index in [2.05, 4.69) is 35.9 Å². The molecule has 1 aromatic carbocycles. The largest absolute Gasteiger partial charge is 0.494 e. The van der Waals surface area contributed by atoms with Crippen molar-refractivity contribution in [2.75, 3.05) is 11.9 Å². The van der Waals surface area contributed by atoms with Crippen molar-refractivity contribution < 1.29 is 4.74 Å². The topological polar surface area (TPSA) is 9.23 Å². The minimum Gasteiger partial charge on any atom is -0.494 e. The highest BCUT2D eigenvalue weighted by atomic mass is 79.9. The van der Waals surface area contributed by atoms with Crippen LogP contribution >= 0.6 is 15.9 Å². The van der Waals surface area contributed by atoms with Crippen LogP contribution in [0, 0.1) is 0 Å². The fraction of sp³-hybridized carbons (Fsp3) is 0.455. The smallest absolute Gasteiger partial charge is 0.139 e. The lowest BCUT2D eigenvalue weighted by Gasteiger charge is -2.05. The van der Waals surface area contributed by atoms with Crippen LogP contribution in [0.4, 0.5) is 0 Å². The van der Waals surface area contributed by atoms with E-state index < -0.39 is 0 Å². The Morgan fingerprint density at radius 3 is 2.43 bits per heavy atom. The van der Waals surface area contributed by atoms with Crippen molar-refractivity contribution in [3.05, 3.63) is 24.3 Å². The first-order valence-electron chi connectivity index (χ1n) is 5.08. The molecule has 0 bridgehead atoms. The molecule has 0 radical (unpaired) electrons. The van der Waals surface area contributed by atoms with Crippen molar-refractivity contribution in [3.8, 4) is 5.75 Å².